The molecule has 9 nitrogen and oxygen atoms in total. The summed E-state index contributed by atoms with van der Waals surface area (Å²) in [6.45, 7) is 8.12. The largest absolute Gasteiger partial charge is 0.318 e. The van der Waals surface area contributed by atoms with Gasteiger partial charge in [0.1, 0.15) is 5.69 Å². The van der Waals surface area contributed by atoms with Gasteiger partial charge in [-0.1, -0.05) is 12.1 Å². The zero-order chi connectivity index (χ0) is 22.0. The average Bonchev–Trinajstić information content (AvgIpc) is 2.97. The van der Waals surface area contributed by atoms with E-state index in [0.717, 1.165) is 28.7 Å². The first-order valence-corrected chi connectivity index (χ1v) is 9.18. The fourth-order valence-corrected chi connectivity index (χ4v) is 3.32. The molecule has 1 heterocycles. The van der Waals surface area contributed by atoms with E-state index >= 15 is 0 Å². The molecule has 30 heavy (non-hydrogen) atoms. The Morgan fingerprint density at radius 3 is 2.40 bits per heavy atom. The second-order valence-corrected chi connectivity index (χ2v) is 6.97. The lowest BCUT2D eigenvalue weighted by Crippen LogP contribution is -2.03. The maximum Gasteiger partial charge on any atom is 0.301 e. The first-order valence-electron chi connectivity index (χ1n) is 9.18. The van der Waals surface area contributed by atoms with Crippen molar-refractivity contribution in [2.45, 2.75) is 27.7 Å². The van der Waals surface area contributed by atoms with E-state index in [2.05, 4.69) is 41.1 Å². The van der Waals surface area contributed by atoms with Gasteiger partial charge in [-0.2, -0.15) is 5.10 Å². The number of hydrogen-bond donors (Lipinski definition) is 1. The summed E-state index contributed by atoms with van der Waals surface area (Å²) in [4.78, 5) is 20.7. The summed E-state index contributed by atoms with van der Waals surface area (Å²) in [6, 6.07) is 11.5. The molecule has 0 aliphatic rings. The van der Waals surface area contributed by atoms with Gasteiger partial charge in [-0.05, 0) is 57.0 Å². The van der Waals surface area contributed by atoms with Crippen LogP contribution >= 0.6 is 0 Å². The van der Waals surface area contributed by atoms with Gasteiger partial charge in [0.2, 0.25) is 0 Å². The van der Waals surface area contributed by atoms with E-state index in [9.17, 15) is 20.2 Å². The van der Waals surface area contributed by atoms with Crippen LogP contribution in [0.25, 0.3) is 5.69 Å². The number of aryl methyl sites for hydroxylation is 2. The third-order valence-electron chi connectivity index (χ3n) is 5.06. The van der Waals surface area contributed by atoms with E-state index in [1.165, 1.54) is 23.3 Å². The second-order valence-electron chi connectivity index (χ2n) is 6.97. The Bertz CT molecular complexity index is 1180. The summed E-state index contributed by atoms with van der Waals surface area (Å²) in [5.74, 6) is 0. The summed E-state index contributed by atoms with van der Waals surface area (Å²) in [6.07, 6.45) is 1.58. The van der Waals surface area contributed by atoms with Gasteiger partial charge in [0.05, 0.1) is 22.1 Å². The number of nitrogens with zero attached hydrogens (tertiary/aromatic N) is 4. The molecule has 0 unspecified atom stereocenters. The molecule has 0 fully saturated rings. The number of benzene rings is 2. The Morgan fingerprint density at radius 2 is 1.73 bits per heavy atom. The predicted molar refractivity (Wildman–Crippen MR) is 116 cm³/mol. The Hall–Kier alpha value is -4.01. The molecule has 1 aromatic heterocycles. The van der Waals surface area contributed by atoms with Crippen molar-refractivity contribution in [3.8, 4) is 5.69 Å². The number of anilines is 1. The number of nitro groups is 2. The zero-order valence-electron chi connectivity index (χ0n) is 17.0. The molecule has 0 bridgehead atoms. The van der Waals surface area contributed by atoms with Crippen molar-refractivity contribution in [3.05, 3.63) is 90.8 Å². The van der Waals surface area contributed by atoms with Crippen LogP contribution in [-0.4, -0.2) is 20.6 Å². The number of non-ortho nitro benzene ring substituents is 1. The van der Waals surface area contributed by atoms with Crippen LogP contribution in [0.2, 0.25) is 0 Å². The monoisotopic (exact) mass is 407 g/mol. The molecule has 0 aliphatic carbocycles. The molecule has 154 valence electrons. The van der Waals surface area contributed by atoms with Gasteiger partial charge in [0, 0.05) is 28.7 Å². The molecule has 0 amide bonds. The Kier molecular flexibility index (Phi) is 5.63. The predicted octanol–water partition coefficient (Wildman–Crippen LogP) is 4.97. The molecule has 0 radical (unpaired) electrons. The van der Waals surface area contributed by atoms with Gasteiger partial charge in [-0.15, -0.1) is 0 Å². The van der Waals surface area contributed by atoms with E-state index in [0.29, 0.717) is 0 Å². The summed E-state index contributed by atoms with van der Waals surface area (Å²) in [5.41, 5.74) is 8.25. The fraction of sp³-hybridized carbons (Fsp3) is 0.190. The second kappa shape index (κ2) is 8.16. The summed E-state index contributed by atoms with van der Waals surface area (Å²) >= 11 is 0. The van der Waals surface area contributed by atoms with Crippen molar-refractivity contribution < 1.29 is 9.85 Å². The average molecular weight is 407 g/mol. The molecule has 3 rings (SSSR count). The van der Waals surface area contributed by atoms with Crippen molar-refractivity contribution >= 4 is 23.3 Å². The van der Waals surface area contributed by atoms with Crippen molar-refractivity contribution in [1.82, 2.24) is 4.57 Å². The van der Waals surface area contributed by atoms with E-state index in [1.807, 2.05) is 26.0 Å². The Morgan fingerprint density at radius 1 is 1.00 bits per heavy atom. The van der Waals surface area contributed by atoms with E-state index < -0.39 is 15.5 Å². The van der Waals surface area contributed by atoms with E-state index in [4.69, 9.17) is 0 Å². The number of hydrogen-bond acceptors (Lipinski definition) is 6. The zero-order valence-corrected chi connectivity index (χ0v) is 17.0. The minimum Gasteiger partial charge on any atom is -0.318 e. The van der Waals surface area contributed by atoms with E-state index in [-0.39, 0.29) is 11.4 Å². The van der Waals surface area contributed by atoms with Crippen LogP contribution in [0.1, 0.15) is 28.1 Å². The van der Waals surface area contributed by atoms with Crippen LogP contribution in [0.3, 0.4) is 0 Å². The standard InChI is InChI=1S/C21H21N5O4/c1-13-6-5-7-20(15(13)3)24-14(2)10-17(16(24)4)12-22-23-19-9-8-18(25(27)28)11-21(19)26(29)30/h5-12,23H,1-4H3/b22-12-. The highest BCUT2D eigenvalue weighted by atomic mass is 16.6. The van der Waals surface area contributed by atoms with Crippen molar-refractivity contribution in [3.63, 3.8) is 0 Å². The SMILES string of the molecule is Cc1cccc(-n2c(C)cc(/C=N\Nc3ccc([N+](=O)[O-])cc3[N+](=O)[O-])c2C)c1C. The van der Waals surface area contributed by atoms with Gasteiger partial charge in [-0.25, -0.2) is 0 Å². The van der Waals surface area contributed by atoms with Crippen molar-refractivity contribution in [2.24, 2.45) is 5.10 Å². The molecule has 3 aromatic rings. The molecule has 0 atom stereocenters. The number of rotatable bonds is 6. The summed E-state index contributed by atoms with van der Waals surface area (Å²) in [7, 11) is 0. The summed E-state index contributed by atoms with van der Waals surface area (Å²) in [5, 5.41) is 26.2. The highest BCUT2D eigenvalue weighted by Crippen LogP contribution is 2.29. The summed E-state index contributed by atoms with van der Waals surface area (Å²) < 4.78 is 2.14. The van der Waals surface area contributed by atoms with Crippen LogP contribution in [-0.2, 0) is 0 Å². The third kappa shape index (κ3) is 3.90. The minimum atomic E-state index is -0.683. The first-order chi connectivity index (χ1) is 14.2. The Labute approximate surface area is 173 Å². The normalized spacial score (nSPS) is 11.1. The van der Waals surface area contributed by atoms with Crippen LogP contribution in [0, 0.1) is 47.9 Å². The van der Waals surface area contributed by atoms with Crippen molar-refractivity contribution in [1.29, 1.82) is 0 Å². The number of hydrazone groups is 1. The van der Waals surface area contributed by atoms with Gasteiger partial charge in [0.15, 0.2) is 0 Å². The highest BCUT2D eigenvalue weighted by molar-refractivity contribution is 5.83. The van der Waals surface area contributed by atoms with Crippen LogP contribution in [0.5, 0.6) is 0 Å². The van der Waals surface area contributed by atoms with Gasteiger partial charge in [-0.3, -0.25) is 25.7 Å². The molecule has 0 spiro atoms. The van der Waals surface area contributed by atoms with Gasteiger partial charge < -0.3 is 4.57 Å². The smallest absolute Gasteiger partial charge is 0.301 e. The number of aromatic nitrogens is 1. The lowest BCUT2D eigenvalue weighted by Gasteiger charge is -2.14. The number of nitro benzene ring substituents is 2. The lowest BCUT2D eigenvalue weighted by molar-refractivity contribution is -0.393. The Balaban J connectivity index is 1.91. The maximum absolute atomic E-state index is 11.2. The minimum absolute atomic E-state index is 0.0742. The molecule has 1 N–H and O–H groups in total. The number of nitrogens with one attached hydrogen (secondary N) is 1. The molecule has 0 saturated carbocycles. The quantitative estimate of drug-likeness (QED) is 0.352. The van der Waals surface area contributed by atoms with Crippen LogP contribution < -0.4 is 5.43 Å². The molecule has 9 heteroatoms. The van der Waals surface area contributed by atoms with Gasteiger partial charge >= 0.3 is 5.69 Å². The first kappa shape index (κ1) is 20.7. The molecule has 2 aromatic carbocycles. The van der Waals surface area contributed by atoms with Crippen molar-refractivity contribution in [2.75, 3.05) is 5.43 Å². The lowest BCUT2D eigenvalue weighted by atomic mass is 10.1. The third-order valence-corrected chi connectivity index (χ3v) is 5.06. The maximum atomic E-state index is 11.2. The van der Waals surface area contributed by atoms with Crippen LogP contribution in [0.15, 0.2) is 47.6 Å². The molecule has 0 aliphatic heterocycles. The molecular weight excluding hydrogens is 386 g/mol. The molecule has 0 saturated heterocycles. The van der Waals surface area contributed by atoms with E-state index in [1.54, 1.807) is 6.21 Å². The van der Waals surface area contributed by atoms with Gasteiger partial charge in [0.25, 0.3) is 5.69 Å². The molecular formula is C21H21N5O4. The van der Waals surface area contributed by atoms with Crippen LogP contribution in [0.4, 0.5) is 17.1 Å². The highest BCUT2D eigenvalue weighted by Gasteiger charge is 2.19. The fourth-order valence-electron chi connectivity index (χ4n) is 3.32. The topological polar surface area (TPSA) is 116 Å².